The maximum absolute atomic E-state index is 13.0. The Balaban J connectivity index is 2.38. The second-order valence-corrected chi connectivity index (χ2v) is 5.67. The van der Waals surface area contributed by atoms with Crippen molar-refractivity contribution in [3.63, 3.8) is 0 Å². The zero-order chi connectivity index (χ0) is 14.9. The highest BCUT2D eigenvalue weighted by atomic mass is 19.1. The Morgan fingerprint density at radius 2 is 2.05 bits per heavy atom. The Hall–Kier alpha value is -1.95. The fraction of sp³-hybridized carbons (Fsp3) is 0.429. The lowest BCUT2D eigenvalue weighted by Crippen LogP contribution is -2.21. The van der Waals surface area contributed by atoms with E-state index in [0.29, 0.717) is 11.4 Å². The highest BCUT2D eigenvalue weighted by Crippen LogP contribution is 2.35. The maximum Gasteiger partial charge on any atom is 0.260 e. The first-order valence-corrected chi connectivity index (χ1v) is 6.24. The second kappa shape index (κ2) is 5.20. The van der Waals surface area contributed by atoms with Crippen molar-refractivity contribution in [1.82, 2.24) is 10.1 Å². The van der Waals surface area contributed by atoms with Gasteiger partial charge in [0.1, 0.15) is 11.9 Å². The quantitative estimate of drug-likeness (QED) is 0.873. The van der Waals surface area contributed by atoms with Gasteiger partial charge in [-0.2, -0.15) is 4.98 Å². The number of nitrogens with zero attached hydrogens (tertiary/aromatic N) is 2. The SMILES string of the molecule is COC(c1noc(-c2ccc(F)cc2N)n1)C(C)(C)C. The van der Waals surface area contributed by atoms with Crippen LogP contribution in [0.3, 0.4) is 0 Å². The minimum Gasteiger partial charge on any atom is -0.398 e. The van der Waals surface area contributed by atoms with Crippen molar-refractivity contribution in [3.05, 3.63) is 29.8 Å². The molecule has 0 aliphatic heterocycles. The summed E-state index contributed by atoms with van der Waals surface area (Å²) in [5, 5.41) is 3.93. The van der Waals surface area contributed by atoms with Crippen LogP contribution in [0, 0.1) is 11.2 Å². The van der Waals surface area contributed by atoms with Gasteiger partial charge in [-0.3, -0.25) is 0 Å². The normalized spacial score (nSPS) is 13.4. The fourth-order valence-corrected chi connectivity index (χ4v) is 2.03. The molecule has 2 rings (SSSR count). The summed E-state index contributed by atoms with van der Waals surface area (Å²) in [6, 6.07) is 4.03. The summed E-state index contributed by atoms with van der Waals surface area (Å²) in [7, 11) is 1.60. The number of nitrogen functional groups attached to an aromatic ring is 1. The van der Waals surface area contributed by atoms with Crippen molar-refractivity contribution in [1.29, 1.82) is 0 Å². The number of ether oxygens (including phenoxy) is 1. The van der Waals surface area contributed by atoms with Gasteiger partial charge in [-0.25, -0.2) is 4.39 Å². The third kappa shape index (κ3) is 2.80. The zero-order valence-corrected chi connectivity index (χ0v) is 12.0. The number of nitrogens with two attached hydrogens (primary N) is 1. The average molecular weight is 279 g/mol. The first-order chi connectivity index (χ1) is 9.32. The molecule has 0 aliphatic rings. The minimum atomic E-state index is -0.407. The lowest BCUT2D eigenvalue weighted by molar-refractivity contribution is 0.00718. The van der Waals surface area contributed by atoms with E-state index < -0.39 is 5.82 Å². The minimum absolute atomic E-state index is 0.176. The van der Waals surface area contributed by atoms with Gasteiger partial charge in [-0.15, -0.1) is 0 Å². The van der Waals surface area contributed by atoms with Crippen LogP contribution in [0.25, 0.3) is 11.5 Å². The summed E-state index contributed by atoms with van der Waals surface area (Å²) >= 11 is 0. The van der Waals surface area contributed by atoms with Crippen molar-refractivity contribution < 1.29 is 13.7 Å². The van der Waals surface area contributed by atoms with Gasteiger partial charge < -0.3 is 15.0 Å². The molecule has 1 aromatic carbocycles. The third-order valence-corrected chi connectivity index (χ3v) is 2.94. The first-order valence-electron chi connectivity index (χ1n) is 6.24. The molecule has 2 aromatic rings. The van der Waals surface area contributed by atoms with E-state index in [-0.39, 0.29) is 23.1 Å². The van der Waals surface area contributed by atoms with Gasteiger partial charge in [0, 0.05) is 12.8 Å². The smallest absolute Gasteiger partial charge is 0.260 e. The molecule has 1 atom stereocenters. The molecule has 1 unspecified atom stereocenters. The molecule has 0 bridgehead atoms. The second-order valence-electron chi connectivity index (χ2n) is 5.67. The third-order valence-electron chi connectivity index (χ3n) is 2.94. The number of methoxy groups -OCH3 is 1. The van der Waals surface area contributed by atoms with Crippen LogP contribution in [-0.2, 0) is 4.74 Å². The molecule has 108 valence electrons. The standard InChI is InChI=1S/C14H18FN3O2/c1-14(2,3)11(19-4)12-17-13(20-18-12)9-6-5-8(15)7-10(9)16/h5-7,11H,16H2,1-4H3. The largest absolute Gasteiger partial charge is 0.398 e. The van der Waals surface area contributed by atoms with Crippen LogP contribution in [-0.4, -0.2) is 17.3 Å². The lowest BCUT2D eigenvalue weighted by atomic mass is 9.88. The Morgan fingerprint density at radius 1 is 1.35 bits per heavy atom. The van der Waals surface area contributed by atoms with E-state index in [1.165, 1.54) is 18.2 Å². The Bertz CT molecular complexity index is 605. The molecule has 2 N–H and O–H groups in total. The number of hydrogen-bond donors (Lipinski definition) is 1. The number of benzene rings is 1. The van der Waals surface area contributed by atoms with Crippen LogP contribution in [0.15, 0.2) is 22.7 Å². The summed E-state index contributed by atoms with van der Waals surface area (Å²) < 4.78 is 23.7. The van der Waals surface area contributed by atoms with Crippen LogP contribution < -0.4 is 5.73 Å². The van der Waals surface area contributed by atoms with Gasteiger partial charge in [0.15, 0.2) is 0 Å². The van der Waals surface area contributed by atoms with Gasteiger partial charge in [-0.1, -0.05) is 25.9 Å². The molecular weight excluding hydrogens is 261 g/mol. The van der Waals surface area contributed by atoms with E-state index in [2.05, 4.69) is 10.1 Å². The molecule has 0 saturated carbocycles. The number of anilines is 1. The Morgan fingerprint density at radius 3 is 2.60 bits per heavy atom. The van der Waals surface area contributed by atoms with Gasteiger partial charge in [0.2, 0.25) is 5.82 Å². The first kappa shape index (κ1) is 14.5. The average Bonchev–Trinajstić information content (AvgIpc) is 2.77. The Kier molecular flexibility index (Phi) is 3.76. The number of hydrogen-bond acceptors (Lipinski definition) is 5. The number of halogens is 1. The summed E-state index contributed by atoms with van der Waals surface area (Å²) in [6.45, 7) is 6.05. The van der Waals surface area contributed by atoms with E-state index >= 15 is 0 Å². The van der Waals surface area contributed by atoms with E-state index in [1.54, 1.807) is 7.11 Å². The topological polar surface area (TPSA) is 74.2 Å². The summed E-state index contributed by atoms with van der Waals surface area (Å²) in [5.74, 6) is 0.290. The van der Waals surface area contributed by atoms with Gasteiger partial charge >= 0.3 is 0 Å². The maximum atomic E-state index is 13.0. The molecule has 1 heterocycles. The van der Waals surface area contributed by atoms with Crippen molar-refractivity contribution in [2.24, 2.45) is 5.41 Å². The van der Waals surface area contributed by atoms with Crippen molar-refractivity contribution >= 4 is 5.69 Å². The molecule has 0 aliphatic carbocycles. The van der Waals surface area contributed by atoms with Crippen LogP contribution in [0.5, 0.6) is 0 Å². The fourth-order valence-electron chi connectivity index (χ4n) is 2.03. The predicted octanol–water partition coefficient (Wildman–Crippen LogP) is 3.19. The summed E-state index contributed by atoms with van der Waals surface area (Å²) in [6.07, 6.45) is -0.304. The molecule has 0 fully saturated rings. The van der Waals surface area contributed by atoms with Gasteiger partial charge in [0.25, 0.3) is 5.89 Å². The van der Waals surface area contributed by atoms with Crippen LogP contribution in [0.2, 0.25) is 0 Å². The molecule has 20 heavy (non-hydrogen) atoms. The molecule has 0 amide bonds. The van der Waals surface area contributed by atoms with E-state index in [1.807, 2.05) is 20.8 Å². The van der Waals surface area contributed by atoms with Crippen LogP contribution in [0.1, 0.15) is 32.7 Å². The van der Waals surface area contributed by atoms with E-state index in [9.17, 15) is 4.39 Å². The predicted molar refractivity (Wildman–Crippen MR) is 73.3 cm³/mol. The van der Waals surface area contributed by atoms with Crippen molar-refractivity contribution in [2.75, 3.05) is 12.8 Å². The van der Waals surface area contributed by atoms with E-state index in [4.69, 9.17) is 15.0 Å². The Labute approximate surface area is 116 Å². The number of aromatic nitrogens is 2. The highest BCUT2D eigenvalue weighted by molar-refractivity contribution is 5.70. The summed E-state index contributed by atoms with van der Waals surface area (Å²) in [4.78, 5) is 4.30. The molecule has 0 radical (unpaired) electrons. The monoisotopic (exact) mass is 279 g/mol. The zero-order valence-electron chi connectivity index (χ0n) is 12.0. The van der Waals surface area contributed by atoms with Gasteiger partial charge in [-0.05, 0) is 23.6 Å². The summed E-state index contributed by atoms with van der Waals surface area (Å²) in [5.41, 5.74) is 6.34. The van der Waals surface area contributed by atoms with Crippen LogP contribution >= 0.6 is 0 Å². The molecular formula is C14H18FN3O2. The molecule has 5 nitrogen and oxygen atoms in total. The lowest BCUT2D eigenvalue weighted by Gasteiger charge is -2.26. The van der Waals surface area contributed by atoms with Gasteiger partial charge in [0.05, 0.1) is 5.56 Å². The molecule has 1 aromatic heterocycles. The van der Waals surface area contributed by atoms with Crippen molar-refractivity contribution in [2.45, 2.75) is 26.9 Å². The highest BCUT2D eigenvalue weighted by Gasteiger charge is 2.30. The van der Waals surface area contributed by atoms with Crippen LogP contribution in [0.4, 0.5) is 10.1 Å². The molecule has 0 saturated heterocycles. The number of rotatable bonds is 3. The molecule has 0 spiro atoms. The molecule has 6 heteroatoms. The van der Waals surface area contributed by atoms with E-state index in [0.717, 1.165) is 0 Å². The van der Waals surface area contributed by atoms with Crippen molar-refractivity contribution in [3.8, 4) is 11.5 Å².